The fourth-order valence-corrected chi connectivity index (χ4v) is 1.65. The van der Waals surface area contributed by atoms with Gasteiger partial charge in [-0.1, -0.05) is 32.4 Å². The van der Waals surface area contributed by atoms with Crippen LogP contribution >= 0.6 is 11.6 Å². The number of nitrogens with zero attached hydrogens (tertiary/aromatic N) is 1. The molecule has 130 valence electrons. The van der Waals surface area contributed by atoms with Gasteiger partial charge in [-0.05, 0) is 12.1 Å². The predicted octanol–water partition coefficient (Wildman–Crippen LogP) is 2.14. The Labute approximate surface area is 143 Å². The van der Waals surface area contributed by atoms with E-state index in [1.807, 2.05) is 0 Å². The Morgan fingerprint density at radius 3 is 2.46 bits per heavy atom. The van der Waals surface area contributed by atoms with Crippen molar-refractivity contribution in [2.45, 2.75) is 20.8 Å². The monoisotopic (exact) mass is 356 g/mol. The number of hydrogen-bond acceptors (Lipinski definition) is 6. The van der Waals surface area contributed by atoms with Crippen molar-refractivity contribution in [1.29, 1.82) is 0 Å². The number of rotatable bonds is 6. The molecule has 1 rings (SSSR count). The lowest BCUT2D eigenvalue weighted by Crippen LogP contribution is -2.33. The zero-order valence-electron chi connectivity index (χ0n) is 13.4. The van der Waals surface area contributed by atoms with Gasteiger partial charge in [0, 0.05) is 17.0 Å². The highest BCUT2D eigenvalue weighted by molar-refractivity contribution is 6.32. The summed E-state index contributed by atoms with van der Waals surface area (Å²) < 4.78 is 4.77. The number of benzene rings is 1. The van der Waals surface area contributed by atoms with Crippen LogP contribution in [0.2, 0.25) is 5.02 Å². The van der Waals surface area contributed by atoms with Crippen LogP contribution in [0.25, 0.3) is 0 Å². The summed E-state index contributed by atoms with van der Waals surface area (Å²) in [5, 5.41) is 12.9. The zero-order chi connectivity index (χ0) is 18.5. The number of halogens is 1. The molecule has 0 heterocycles. The fraction of sp³-hybridized carbons (Fsp3) is 0.400. The fourth-order valence-electron chi connectivity index (χ4n) is 1.46. The molecule has 24 heavy (non-hydrogen) atoms. The zero-order valence-corrected chi connectivity index (χ0v) is 14.2. The van der Waals surface area contributed by atoms with Crippen LogP contribution in [0.15, 0.2) is 18.2 Å². The van der Waals surface area contributed by atoms with Crippen molar-refractivity contribution >= 4 is 34.9 Å². The number of ketones is 1. The first-order chi connectivity index (χ1) is 11.0. The molecule has 1 amide bonds. The minimum absolute atomic E-state index is 0.0235. The van der Waals surface area contributed by atoms with Crippen LogP contribution in [0.3, 0.4) is 0 Å². The highest BCUT2D eigenvalue weighted by Gasteiger charge is 2.22. The maximum atomic E-state index is 11.9. The summed E-state index contributed by atoms with van der Waals surface area (Å²) in [6.07, 6.45) is 0. The van der Waals surface area contributed by atoms with Crippen molar-refractivity contribution in [3.05, 3.63) is 38.9 Å². The van der Waals surface area contributed by atoms with Crippen LogP contribution in [0.4, 0.5) is 5.69 Å². The summed E-state index contributed by atoms with van der Waals surface area (Å²) >= 11 is 5.65. The predicted molar refractivity (Wildman–Crippen MR) is 85.9 cm³/mol. The Morgan fingerprint density at radius 1 is 1.29 bits per heavy atom. The molecule has 1 aromatic carbocycles. The number of amides is 1. The topological polar surface area (TPSA) is 116 Å². The molecule has 0 aliphatic heterocycles. The number of ether oxygens (including phenoxy) is 1. The van der Waals surface area contributed by atoms with Crippen molar-refractivity contribution in [2.75, 3.05) is 13.2 Å². The van der Waals surface area contributed by atoms with E-state index in [4.69, 9.17) is 16.3 Å². The lowest BCUT2D eigenvalue weighted by molar-refractivity contribution is -0.384. The van der Waals surface area contributed by atoms with Gasteiger partial charge in [-0.2, -0.15) is 0 Å². The van der Waals surface area contributed by atoms with Crippen molar-refractivity contribution in [3.63, 3.8) is 0 Å². The van der Waals surface area contributed by atoms with Gasteiger partial charge in [0.1, 0.15) is 11.6 Å². The van der Waals surface area contributed by atoms with Gasteiger partial charge in [0.25, 0.3) is 11.6 Å². The smallest absolute Gasteiger partial charge is 0.325 e. The Morgan fingerprint density at radius 2 is 1.92 bits per heavy atom. The van der Waals surface area contributed by atoms with Gasteiger partial charge in [0.05, 0.1) is 4.92 Å². The number of nitrogens with one attached hydrogen (secondary N) is 1. The van der Waals surface area contributed by atoms with E-state index >= 15 is 0 Å². The molecule has 0 aliphatic carbocycles. The number of hydrogen-bond donors (Lipinski definition) is 1. The summed E-state index contributed by atoms with van der Waals surface area (Å²) in [7, 11) is 0. The minimum Gasteiger partial charge on any atom is -0.456 e. The molecular weight excluding hydrogens is 340 g/mol. The minimum atomic E-state index is -0.788. The molecule has 1 N–H and O–H groups in total. The van der Waals surface area contributed by atoms with E-state index in [1.165, 1.54) is 12.1 Å². The molecule has 9 heteroatoms. The third-order valence-electron chi connectivity index (χ3n) is 3.00. The van der Waals surface area contributed by atoms with Gasteiger partial charge in [-0.3, -0.25) is 24.5 Å². The van der Waals surface area contributed by atoms with E-state index in [0.717, 1.165) is 6.07 Å². The van der Waals surface area contributed by atoms with E-state index < -0.39 is 34.4 Å². The summed E-state index contributed by atoms with van der Waals surface area (Å²) in [5.74, 6) is -1.74. The van der Waals surface area contributed by atoms with Crippen LogP contribution in [-0.4, -0.2) is 35.7 Å². The summed E-state index contributed by atoms with van der Waals surface area (Å²) in [5.41, 5.74) is -1.07. The first-order valence-corrected chi connectivity index (χ1v) is 7.31. The van der Waals surface area contributed by atoms with E-state index in [-0.39, 0.29) is 23.0 Å². The lowest BCUT2D eigenvalue weighted by atomic mass is 9.91. The average molecular weight is 357 g/mol. The lowest BCUT2D eigenvalue weighted by Gasteiger charge is -2.16. The van der Waals surface area contributed by atoms with Gasteiger partial charge >= 0.3 is 5.97 Å². The Kier molecular flexibility index (Phi) is 6.42. The van der Waals surface area contributed by atoms with E-state index in [2.05, 4.69) is 5.32 Å². The van der Waals surface area contributed by atoms with Gasteiger partial charge in [0.15, 0.2) is 12.4 Å². The second kappa shape index (κ2) is 7.87. The average Bonchev–Trinajstić information content (AvgIpc) is 2.49. The normalized spacial score (nSPS) is 10.8. The van der Waals surface area contributed by atoms with Gasteiger partial charge in [-0.15, -0.1) is 0 Å². The van der Waals surface area contributed by atoms with Gasteiger partial charge in [-0.25, -0.2) is 0 Å². The van der Waals surface area contributed by atoms with Gasteiger partial charge in [0.2, 0.25) is 0 Å². The standard InChI is InChI=1S/C15H17ClN2O6/c1-15(2,3)12(19)8-24-13(20)7-17-14(21)9-4-5-10(16)11(6-9)18(22)23/h4-6H,7-8H2,1-3H3,(H,17,21). The molecular formula is C15H17ClN2O6. The van der Waals surface area contributed by atoms with Crippen molar-refractivity contribution < 1.29 is 24.0 Å². The number of Topliss-reactive ketones (excluding diaryl/α,β-unsaturated/α-hetero) is 1. The molecule has 0 atom stereocenters. The summed E-state index contributed by atoms with van der Waals surface area (Å²) in [6.45, 7) is 4.23. The highest BCUT2D eigenvalue weighted by Crippen LogP contribution is 2.24. The van der Waals surface area contributed by atoms with Crippen LogP contribution in [0, 0.1) is 15.5 Å². The number of carbonyl (C=O) groups excluding carboxylic acids is 3. The molecule has 0 aromatic heterocycles. The SMILES string of the molecule is CC(C)(C)C(=O)COC(=O)CNC(=O)c1ccc(Cl)c([N+](=O)[O-])c1. The molecule has 0 fully saturated rings. The maximum absolute atomic E-state index is 11.9. The van der Waals surface area contributed by atoms with Crippen molar-refractivity contribution in [2.24, 2.45) is 5.41 Å². The Hall–Kier alpha value is -2.48. The first kappa shape index (κ1) is 19.6. The number of nitro benzene ring substituents is 1. The Bertz CT molecular complexity index is 681. The third kappa shape index (κ3) is 5.62. The first-order valence-electron chi connectivity index (χ1n) is 6.93. The third-order valence-corrected chi connectivity index (χ3v) is 3.32. The molecule has 0 bridgehead atoms. The molecule has 0 radical (unpaired) electrons. The van der Waals surface area contributed by atoms with Crippen LogP contribution in [-0.2, 0) is 14.3 Å². The number of nitro groups is 1. The molecule has 0 aliphatic rings. The van der Waals surface area contributed by atoms with Crippen LogP contribution in [0.1, 0.15) is 31.1 Å². The number of carbonyl (C=O) groups is 3. The highest BCUT2D eigenvalue weighted by atomic mass is 35.5. The van der Waals surface area contributed by atoms with E-state index in [0.29, 0.717) is 0 Å². The summed E-state index contributed by atoms with van der Waals surface area (Å²) in [4.78, 5) is 45.1. The molecule has 0 saturated carbocycles. The van der Waals surface area contributed by atoms with Crippen LogP contribution < -0.4 is 5.32 Å². The molecule has 0 saturated heterocycles. The molecule has 8 nitrogen and oxygen atoms in total. The second-order valence-corrected chi connectivity index (χ2v) is 6.35. The quantitative estimate of drug-likeness (QED) is 0.474. The van der Waals surface area contributed by atoms with E-state index in [1.54, 1.807) is 20.8 Å². The number of esters is 1. The maximum Gasteiger partial charge on any atom is 0.325 e. The van der Waals surface area contributed by atoms with Gasteiger partial charge < -0.3 is 10.1 Å². The molecule has 0 unspecified atom stereocenters. The second-order valence-electron chi connectivity index (χ2n) is 5.94. The van der Waals surface area contributed by atoms with Crippen molar-refractivity contribution in [3.8, 4) is 0 Å². The van der Waals surface area contributed by atoms with Crippen LogP contribution in [0.5, 0.6) is 0 Å². The molecule has 1 aromatic rings. The summed E-state index contributed by atoms with van der Waals surface area (Å²) in [6, 6.07) is 3.51. The van der Waals surface area contributed by atoms with E-state index in [9.17, 15) is 24.5 Å². The molecule has 0 spiro atoms. The largest absolute Gasteiger partial charge is 0.456 e. The Balaban J connectivity index is 2.57. The van der Waals surface area contributed by atoms with Crippen molar-refractivity contribution in [1.82, 2.24) is 5.32 Å².